The van der Waals surface area contributed by atoms with Gasteiger partial charge in [0.2, 0.25) is 0 Å². The van der Waals surface area contributed by atoms with Gasteiger partial charge < -0.3 is 11.5 Å². The van der Waals surface area contributed by atoms with Crippen LogP contribution >= 0.6 is 11.3 Å². The molecule has 13 heavy (non-hydrogen) atoms. The summed E-state index contributed by atoms with van der Waals surface area (Å²) in [5, 5.41) is 0. The molecule has 1 rings (SSSR count). The summed E-state index contributed by atoms with van der Waals surface area (Å²) in [4.78, 5) is 6.72. The molecule has 0 bridgehead atoms. The third-order valence-electron chi connectivity index (χ3n) is 1.66. The summed E-state index contributed by atoms with van der Waals surface area (Å²) >= 11 is 1.79. The number of rotatable bonds is 3. The normalized spacial score (nSPS) is 12.5. The van der Waals surface area contributed by atoms with Crippen LogP contribution in [0.15, 0.2) is 17.1 Å². The monoisotopic (exact) mass is 197 g/mol. The van der Waals surface area contributed by atoms with Crippen LogP contribution in [0.25, 0.3) is 0 Å². The summed E-state index contributed by atoms with van der Waals surface area (Å²) in [5.74, 6) is 0.167. The number of guanidine groups is 1. The van der Waals surface area contributed by atoms with E-state index in [-0.39, 0.29) is 12.0 Å². The van der Waals surface area contributed by atoms with Crippen molar-refractivity contribution >= 4 is 17.3 Å². The van der Waals surface area contributed by atoms with Gasteiger partial charge in [-0.15, -0.1) is 11.3 Å². The summed E-state index contributed by atoms with van der Waals surface area (Å²) in [7, 11) is 0. The van der Waals surface area contributed by atoms with E-state index in [0.29, 0.717) is 0 Å². The Morgan fingerprint density at radius 1 is 1.54 bits per heavy atom. The highest BCUT2D eigenvalue weighted by atomic mass is 32.1. The predicted molar refractivity (Wildman–Crippen MR) is 58.0 cm³/mol. The topological polar surface area (TPSA) is 64.4 Å². The van der Waals surface area contributed by atoms with Crippen LogP contribution in [-0.2, 0) is 6.42 Å². The second-order valence-corrected chi connectivity index (χ2v) is 4.49. The van der Waals surface area contributed by atoms with Crippen LogP contribution in [0.5, 0.6) is 0 Å². The Labute approximate surface area is 82.5 Å². The SMILES string of the molecule is Cc1ccc(CC(C)N=C(N)N)s1. The smallest absolute Gasteiger partial charge is 0.186 e. The quantitative estimate of drug-likeness (QED) is 0.566. The van der Waals surface area contributed by atoms with Crippen molar-refractivity contribution in [3.63, 3.8) is 0 Å². The van der Waals surface area contributed by atoms with E-state index in [1.54, 1.807) is 11.3 Å². The van der Waals surface area contributed by atoms with E-state index in [9.17, 15) is 0 Å². The van der Waals surface area contributed by atoms with E-state index < -0.39 is 0 Å². The highest BCUT2D eigenvalue weighted by molar-refractivity contribution is 7.11. The Balaban J connectivity index is 2.54. The summed E-state index contributed by atoms with van der Waals surface area (Å²) in [6.45, 7) is 4.11. The number of nitrogens with two attached hydrogens (primary N) is 2. The van der Waals surface area contributed by atoms with Crippen LogP contribution in [0.2, 0.25) is 0 Å². The maximum atomic E-state index is 5.28. The largest absolute Gasteiger partial charge is 0.370 e. The third-order valence-corrected chi connectivity index (χ3v) is 2.69. The van der Waals surface area contributed by atoms with E-state index in [2.05, 4.69) is 24.0 Å². The molecule has 72 valence electrons. The highest BCUT2D eigenvalue weighted by Crippen LogP contribution is 2.17. The van der Waals surface area contributed by atoms with Crippen molar-refractivity contribution < 1.29 is 0 Å². The van der Waals surface area contributed by atoms with Crippen LogP contribution in [-0.4, -0.2) is 12.0 Å². The van der Waals surface area contributed by atoms with E-state index >= 15 is 0 Å². The number of nitrogens with zero attached hydrogens (tertiary/aromatic N) is 1. The van der Waals surface area contributed by atoms with Gasteiger partial charge in [0.15, 0.2) is 5.96 Å². The van der Waals surface area contributed by atoms with Crippen molar-refractivity contribution in [2.24, 2.45) is 16.5 Å². The molecule has 0 saturated carbocycles. The molecule has 3 nitrogen and oxygen atoms in total. The van der Waals surface area contributed by atoms with Crippen molar-refractivity contribution in [1.82, 2.24) is 0 Å². The molecular formula is C9H15N3S. The second-order valence-electron chi connectivity index (χ2n) is 3.12. The van der Waals surface area contributed by atoms with Crippen molar-refractivity contribution in [3.8, 4) is 0 Å². The molecule has 0 spiro atoms. The second kappa shape index (κ2) is 4.28. The lowest BCUT2D eigenvalue weighted by Crippen LogP contribution is -2.25. The first-order chi connectivity index (χ1) is 6.08. The average Bonchev–Trinajstić information content (AvgIpc) is 2.33. The van der Waals surface area contributed by atoms with Crippen LogP contribution in [0.3, 0.4) is 0 Å². The number of hydrogen-bond donors (Lipinski definition) is 2. The molecule has 0 amide bonds. The van der Waals surface area contributed by atoms with Gasteiger partial charge in [0, 0.05) is 16.2 Å². The predicted octanol–water partition coefficient (Wildman–Crippen LogP) is 1.26. The van der Waals surface area contributed by atoms with Gasteiger partial charge in [0.05, 0.1) is 6.04 Å². The van der Waals surface area contributed by atoms with E-state index in [4.69, 9.17) is 11.5 Å². The van der Waals surface area contributed by atoms with Crippen LogP contribution in [0.4, 0.5) is 0 Å². The molecule has 0 aromatic carbocycles. The fraction of sp³-hybridized carbons (Fsp3) is 0.444. The summed E-state index contributed by atoms with van der Waals surface area (Å²) in [6.07, 6.45) is 0.913. The Morgan fingerprint density at radius 2 is 2.23 bits per heavy atom. The minimum atomic E-state index is 0.167. The standard InChI is InChI=1S/C9H15N3S/c1-6(12-9(10)11)5-8-4-3-7(2)13-8/h3-4,6H,5H2,1-2H3,(H4,10,11,12). The Kier molecular flexibility index (Phi) is 3.31. The van der Waals surface area contributed by atoms with Crippen molar-refractivity contribution in [2.45, 2.75) is 26.3 Å². The van der Waals surface area contributed by atoms with E-state index in [1.165, 1.54) is 9.75 Å². The zero-order valence-corrected chi connectivity index (χ0v) is 8.77. The first-order valence-electron chi connectivity index (χ1n) is 4.22. The van der Waals surface area contributed by atoms with Gasteiger partial charge >= 0.3 is 0 Å². The van der Waals surface area contributed by atoms with Crippen molar-refractivity contribution in [3.05, 3.63) is 21.9 Å². The molecule has 0 aliphatic rings. The maximum absolute atomic E-state index is 5.28. The van der Waals surface area contributed by atoms with Gasteiger partial charge in [0.1, 0.15) is 0 Å². The average molecular weight is 197 g/mol. The first kappa shape index (κ1) is 10.1. The number of aliphatic imine (C=N–C) groups is 1. The van der Waals surface area contributed by atoms with Crippen LogP contribution in [0.1, 0.15) is 16.7 Å². The molecular weight excluding hydrogens is 182 g/mol. The molecule has 0 aliphatic heterocycles. The van der Waals surface area contributed by atoms with Gasteiger partial charge in [0.25, 0.3) is 0 Å². The number of thiophene rings is 1. The lowest BCUT2D eigenvalue weighted by atomic mass is 10.2. The fourth-order valence-electron chi connectivity index (χ4n) is 1.19. The molecule has 1 aromatic heterocycles. The Bertz CT molecular complexity index is 300. The molecule has 1 unspecified atom stereocenters. The molecule has 0 fully saturated rings. The van der Waals surface area contributed by atoms with E-state index in [0.717, 1.165) is 6.42 Å². The summed E-state index contributed by atoms with van der Waals surface area (Å²) < 4.78 is 0. The minimum absolute atomic E-state index is 0.167. The lowest BCUT2D eigenvalue weighted by Gasteiger charge is -2.03. The van der Waals surface area contributed by atoms with Crippen molar-refractivity contribution in [2.75, 3.05) is 0 Å². The molecule has 4 N–H and O–H groups in total. The third kappa shape index (κ3) is 3.46. The van der Waals surface area contributed by atoms with E-state index in [1.807, 2.05) is 6.92 Å². The molecule has 0 radical (unpaired) electrons. The summed E-state index contributed by atoms with van der Waals surface area (Å²) in [6, 6.07) is 4.41. The van der Waals surface area contributed by atoms with Gasteiger partial charge in [-0.2, -0.15) is 0 Å². The van der Waals surface area contributed by atoms with Crippen LogP contribution in [0, 0.1) is 6.92 Å². The molecule has 1 heterocycles. The molecule has 1 aromatic rings. The van der Waals surface area contributed by atoms with Gasteiger partial charge in [-0.3, -0.25) is 4.99 Å². The molecule has 1 atom stereocenters. The van der Waals surface area contributed by atoms with Crippen molar-refractivity contribution in [1.29, 1.82) is 0 Å². The minimum Gasteiger partial charge on any atom is -0.370 e. The maximum Gasteiger partial charge on any atom is 0.186 e. The fourth-order valence-corrected chi connectivity index (χ4v) is 2.20. The van der Waals surface area contributed by atoms with Gasteiger partial charge in [-0.1, -0.05) is 0 Å². The van der Waals surface area contributed by atoms with Crippen LogP contribution < -0.4 is 11.5 Å². The highest BCUT2D eigenvalue weighted by Gasteiger charge is 2.03. The first-order valence-corrected chi connectivity index (χ1v) is 5.03. The zero-order chi connectivity index (χ0) is 9.84. The number of hydrogen-bond acceptors (Lipinski definition) is 2. The van der Waals surface area contributed by atoms with Gasteiger partial charge in [-0.05, 0) is 26.0 Å². The Hall–Kier alpha value is -1.03. The van der Waals surface area contributed by atoms with Gasteiger partial charge in [-0.25, -0.2) is 0 Å². The molecule has 0 saturated heterocycles. The number of aryl methyl sites for hydroxylation is 1. The Morgan fingerprint density at radius 3 is 2.69 bits per heavy atom. The molecule has 0 aliphatic carbocycles. The summed E-state index contributed by atoms with van der Waals surface area (Å²) in [5.41, 5.74) is 10.6. The lowest BCUT2D eigenvalue weighted by molar-refractivity contribution is 0.746. The zero-order valence-electron chi connectivity index (χ0n) is 7.95. The molecule has 4 heteroatoms.